The number of alkyl halides is 5. The van der Waals surface area contributed by atoms with Gasteiger partial charge in [-0.25, -0.2) is 0 Å². The molecule has 0 aromatic heterocycles. The Bertz CT molecular complexity index is 1630. The molecule has 0 saturated carbocycles. The van der Waals surface area contributed by atoms with E-state index in [0.29, 0.717) is 17.9 Å². The summed E-state index contributed by atoms with van der Waals surface area (Å²) in [5.41, 5.74) is 3.08. The van der Waals surface area contributed by atoms with E-state index in [-0.39, 0.29) is 22.8 Å². The SMILES string of the molecule is CC(C(=O)Oc1ccc(C2(C)CCc3cc(OC(=O)C(C)S(C)=O)ccc3C2CCCCCCCCCS(=O)CCCC(F)(F)C(F)(F)F)cc1)S(C)=O. The van der Waals surface area contributed by atoms with Crippen LogP contribution < -0.4 is 9.47 Å². The highest BCUT2D eigenvalue weighted by molar-refractivity contribution is 7.86. The van der Waals surface area contributed by atoms with E-state index < -0.39 is 79.8 Å². The van der Waals surface area contributed by atoms with Gasteiger partial charge >= 0.3 is 24.0 Å². The van der Waals surface area contributed by atoms with Gasteiger partial charge in [0.25, 0.3) is 0 Å². The molecule has 0 fully saturated rings. The molecule has 0 saturated heterocycles. The summed E-state index contributed by atoms with van der Waals surface area (Å²) in [7, 11) is -4.13. The largest absolute Gasteiger partial charge is 0.453 e. The van der Waals surface area contributed by atoms with E-state index in [1.54, 1.807) is 32.0 Å². The van der Waals surface area contributed by atoms with Crippen molar-refractivity contribution in [1.29, 1.82) is 0 Å². The van der Waals surface area contributed by atoms with Gasteiger partial charge in [0.15, 0.2) is 0 Å². The number of esters is 2. The topological polar surface area (TPSA) is 104 Å². The van der Waals surface area contributed by atoms with E-state index in [2.05, 4.69) is 6.92 Å². The van der Waals surface area contributed by atoms with E-state index in [4.69, 9.17) is 9.47 Å². The standard InChI is InChI=1S/C39H53F5O7S3/c1-27(52(4)47)35(45)50-31-17-15-30(16-18-31)37(3)23-21-29-26-32(51-36(46)28(2)53(5)48)19-20-33(29)34(37)14-11-9-7-6-8-10-12-24-54(49)25-13-22-38(40,41)39(42,43)44/h15-20,26-28,34H,6-14,21-25H2,1-5H3. The Balaban J connectivity index is 1.60. The number of ether oxygens (including phenoxy) is 2. The zero-order chi connectivity index (χ0) is 40.3. The molecule has 0 bridgehead atoms. The van der Waals surface area contributed by atoms with E-state index in [1.807, 2.05) is 24.3 Å². The minimum absolute atomic E-state index is 0.120. The monoisotopic (exact) mass is 824 g/mol. The van der Waals surface area contributed by atoms with Gasteiger partial charge in [-0.2, -0.15) is 22.0 Å². The molecule has 3 rings (SSSR count). The fourth-order valence-corrected chi connectivity index (χ4v) is 8.54. The van der Waals surface area contributed by atoms with Crippen LogP contribution in [-0.4, -0.2) is 71.2 Å². The Labute approximate surface area is 323 Å². The maximum atomic E-state index is 13.1. The van der Waals surface area contributed by atoms with Crippen LogP contribution in [0.15, 0.2) is 42.5 Å². The fourth-order valence-electron chi connectivity index (χ4n) is 6.70. The second-order valence-corrected chi connectivity index (χ2v) is 19.5. The molecule has 0 spiro atoms. The predicted molar refractivity (Wildman–Crippen MR) is 205 cm³/mol. The van der Waals surface area contributed by atoms with Crippen molar-refractivity contribution in [2.75, 3.05) is 24.0 Å². The van der Waals surface area contributed by atoms with Gasteiger partial charge in [-0.1, -0.05) is 63.6 Å². The Kier molecular flexibility index (Phi) is 17.5. The number of fused-ring (bicyclic) bond motifs is 1. The molecule has 7 atom stereocenters. The van der Waals surface area contributed by atoms with Gasteiger partial charge < -0.3 is 9.47 Å². The molecular formula is C39H53F5O7S3. The van der Waals surface area contributed by atoms with Crippen molar-refractivity contribution in [3.8, 4) is 11.5 Å². The summed E-state index contributed by atoms with van der Waals surface area (Å²) in [6.45, 7) is 5.37. The summed E-state index contributed by atoms with van der Waals surface area (Å²) in [5.74, 6) is -4.82. The number of unbranched alkanes of at least 4 members (excludes halogenated alkanes) is 6. The number of hydrogen-bond acceptors (Lipinski definition) is 7. The summed E-state index contributed by atoms with van der Waals surface area (Å²) < 4.78 is 110. The molecule has 2 aromatic rings. The van der Waals surface area contributed by atoms with Crippen LogP contribution in [0.4, 0.5) is 22.0 Å². The number of rotatable bonds is 21. The van der Waals surface area contributed by atoms with Gasteiger partial charge in [0.1, 0.15) is 22.0 Å². The first-order chi connectivity index (χ1) is 25.3. The van der Waals surface area contributed by atoms with Crippen LogP contribution in [-0.2, 0) is 53.8 Å². The van der Waals surface area contributed by atoms with Gasteiger partial charge in [0.2, 0.25) is 0 Å². The lowest BCUT2D eigenvalue weighted by Crippen LogP contribution is -2.36. The minimum atomic E-state index is -5.58. The molecule has 1 aliphatic carbocycles. The molecule has 0 amide bonds. The van der Waals surface area contributed by atoms with Crippen molar-refractivity contribution >= 4 is 44.3 Å². The third-order valence-corrected chi connectivity index (χ3v) is 14.3. The number of hydrogen-bond donors (Lipinski definition) is 0. The van der Waals surface area contributed by atoms with Crippen LogP contribution in [0.5, 0.6) is 11.5 Å². The second-order valence-electron chi connectivity index (χ2n) is 14.4. The fraction of sp³-hybridized carbons (Fsp3) is 0.641. The van der Waals surface area contributed by atoms with E-state index in [9.17, 15) is 44.2 Å². The van der Waals surface area contributed by atoms with Gasteiger partial charge in [-0.3, -0.25) is 22.2 Å². The lowest BCUT2D eigenvalue weighted by molar-refractivity contribution is -0.284. The van der Waals surface area contributed by atoms with Gasteiger partial charge in [0, 0.05) is 62.8 Å². The molecule has 7 unspecified atom stereocenters. The van der Waals surface area contributed by atoms with Crippen molar-refractivity contribution in [3.63, 3.8) is 0 Å². The first-order valence-electron chi connectivity index (χ1n) is 18.4. The molecular weight excluding hydrogens is 772 g/mol. The van der Waals surface area contributed by atoms with Crippen LogP contribution in [0.1, 0.15) is 114 Å². The maximum absolute atomic E-state index is 13.1. The second kappa shape index (κ2) is 20.6. The van der Waals surface area contributed by atoms with Gasteiger partial charge in [0.05, 0.1) is 0 Å². The predicted octanol–water partition coefficient (Wildman–Crippen LogP) is 8.87. The van der Waals surface area contributed by atoms with Crippen LogP contribution in [0.2, 0.25) is 0 Å². The molecule has 0 heterocycles. The lowest BCUT2D eigenvalue weighted by Gasteiger charge is -2.44. The maximum Gasteiger partial charge on any atom is 0.453 e. The van der Waals surface area contributed by atoms with Gasteiger partial charge in [-0.15, -0.1) is 0 Å². The third kappa shape index (κ3) is 13.0. The highest BCUT2D eigenvalue weighted by atomic mass is 32.2. The van der Waals surface area contributed by atoms with Crippen LogP contribution >= 0.6 is 0 Å². The van der Waals surface area contributed by atoms with E-state index in [1.165, 1.54) is 18.1 Å². The van der Waals surface area contributed by atoms with Crippen LogP contribution in [0.3, 0.4) is 0 Å². The quantitative estimate of drug-likeness (QED) is 0.0537. The Morgan fingerprint density at radius 2 is 1.26 bits per heavy atom. The minimum Gasteiger partial charge on any atom is -0.426 e. The summed E-state index contributed by atoms with van der Waals surface area (Å²) in [4.78, 5) is 24.9. The number of aryl methyl sites for hydroxylation is 1. The average molecular weight is 825 g/mol. The number of benzene rings is 2. The molecule has 1 aliphatic rings. The van der Waals surface area contributed by atoms with Crippen molar-refractivity contribution < 1.29 is 53.6 Å². The molecule has 54 heavy (non-hydrogen) atoms. The number of carbonyl (C=O) groups is 2. The zero-order valence-corrected chi connectivity index (χ0v) is 34.1. The summed E-state index contributed by atoms with van der Waals surface area (Å²) in [6, 6.07) is 13.2. The first-order valence-corrected chi connectivity index (χ1v) is 23.1. The Morgan fingerprint density at radius 1 is 0.759 bits per heavy atom. The molecule has 0 aliphatic heterocycles. The summed E-state index contributed by atoms with van der Waals surface area (Å²) >= 11 is 0. The smallest absolute Gasteiger partial charge is 0.426 e. The Morgan fingerprint density at radius 3 is 1.81 bits per heavy atom. The van der Waals surface area contributed by atoms with Crippen molar-refractivity contribution in [2.24, 2.45) is 0 Å². The summed E-state index contributed by atoms with van der Waals surface area (Å²) in [6.07, 6.45) is 4.20. The molecule has 304 valence electrons. The van der Waals surface area contributed by atoms with Crippen molar-refractivity contribution in [2.45, 2.75) is 132 Å². The number of halogens is 5. The summed E-state index contributed by atoms with van der Waals surface area (Å²) in [5, 5.41) is -1.50. The van der Waals surface area contributed by atoms with Crippen LogP contribution in [0.25, 0.3) is 0 Å². The Hall–Kier alpha value is -2.52. The van der Waals surface area contributed by atoms with Crippen molar-refractivity contribution in [1.82, 2.24) is 0 Å². The molecule has 0 radical (unpaired) electrons. The first kappa shape index (κ1) is 45.9. The highest BCUT2D eigenvalue weighted by Crippen LogP contribution is 2.50. The molecule has 15 heteroatoms. The van der Waals surface area contributed by atoms with E-state index in [0.717, 1.165) is 68.9 Å². The third-order valence-electron chi connectivity index (χ3n) is 10.4. The normalized spacial score (nSPS) is 20.3. The van der Waals surface area contributed by atoms with Gasteiger partial charge in [-0.05, 0) is 98.2 Å². The highest BCUT2D eigenvalue weighted by Gasteiger charge is 2.56. The van der Waals surface area contributed by atoms with Crippen molar-refractivity contribution in [3.05, 3.63) is 59.2 Å². The molecule has 0 N–H and O–H groups in total. The lowest BCUT2D eigenvalue weighted by atomic mass is 9.60. The number of carbonyl (C=O) groups excluding carboxylic acids is 2. The zero-order valence-electron chi connectivity index (χ0n) is 31.6. The average Bonchev–Trinajstić information content (AvgIpc) is 3.10. The van der Waals surface area contributed by atoms with Crippen LogP contribution in [0, 0.1) is 0 Å². The molecule has 7 nitrogen and oxygen atoms in total. The molecule has 2 aromatic carbocycles. The van der Waals surface area contributed by atoms with E-state index >= 15 is 0 Å².